The van der Waals surface area contributed by atoms with Crippen LogP contribution >= 0.6 is 0 Å². The number of methoxy groups -OCH3 is 1. The number of non-ortho nitro benzene ring substituents is 1. The van der Waals surface area contributed by atoms with E-state index in [4.69, 9.17) is 9.47 Å². The molecule has 2 heterocycles. The van der Waals surface area contributed by atoms with E-state index in [0.717, 1.165) is 4.90 Å². The molecule has 0 aromatic heterocycles. The van der Waals surface area contributed by atoms with Crippen molar-refractivity contribution in [3.05, 3.63) is 69.9 Å². The predicted octanol–water partition coefficient (Wildman–Crippen LogP) is 3.00. The maximum Gasteiger partial charge on any atom is 0.282 e. The van der Waals surface area contributed by atoms with E-state index in [1.165, 1.54) is 31.4 Å². The highest BCUT2D eigenvalue weighted by atomic mass is 16.6. The number of ether oxygens (including phenoxy) is 2. The Kier molecular flexibility index (Phi) is 5.67. The van der Waals surface area contributed by atoms with Crippen LogP contribution in [0.5, 0.6) is 5.75 Å². The van der Waals surface area contributed by atoms with Crippen molar-refractivity contribution in [2.45, 2.75) is 26.1 Å². The molecule has 4 rings (SSSR count). The number of morpholine rings is 1. The normalized spacial score (nSPS) is 21.3. The van der Waals surface area contributed by atoms with Crippen molar-refractivity contribution in [1.82, 2.24) is 4.90 Å². The molecule has 2 aromatic rings. The lowest BCUT2D eigenvalue weighted by molar-refractivity contribution is -0.384. The van der Waals surface area contributed by atoms with Crippen molar-refractivity contribution in [3.8, 4) is 5.75 Å². The van der Waals surface area contributed by atoms with Crippen molar-refractivity contribution >= 4 is 28.8 Å². The van der Waals surface area contributed by atoms with E-state index in [1.54, 1.807) is 24.3 Å². The van der Waals surface area contributed by atoms with Gasteiger partial charge in [-0.05, 0) is 43.7 Å². The van der Waals surface area contributed by atoms with E-state index < -0.39 is 16.7 Å². The van der Waals surface area contributed by atoms with Gasteiger partial charge in [0, 0.05) is 25.2 Å². The number of carbonyl (C=O) groups excluding carboxylic acids is 2. The van der Waals surface area contributed by atoms with Crippen LogP contribution in [0.25, 0.3) is 5.57 Å². The van der Waals surface area contributed by atoms with Gasteiger partial charge >= 0.3 is 0 Å². The number of nitrogens with zero attached hydrogens (tertiary/aromatic N) is 3. The van der Waals surface area contributed by atoms with Crippen LogP contribution in [0.2, 0.25) is 0 Å². The fraction of sp³-hybridized carbons (Fsp3) is 0.304. The molecular weight excluding hydrogens is 414 g/mol. The summed E-state index contributed by atoms with van der Waals surface area (Å²) in [5.41, 5.74) is 1.15. The number of imide groups is 1. The van der Waals surface area contributed by atoms with Gasteiger partial charge in [-0.15, -0.1) is 0 Å². The Morgan fingerprint density at radius 2 is 1.62 bits per heavy atom. The molecule has 0 N–H and O–H groups in total. The van der Waals surface area contributed by atoms with E-state index >= 15 is 0 Å². The number of hydrogen-bond acceptors (Lipinski definition) is 7. The summed E-state index contributed by atoms with van der Waals surface area (Å²) in [5, 5.41) is 11.1. The smallest absolute Gasteiger partial charge is 0.282 e. The Morgan fingerprint density at radius 1 is 1.00 bits per heavy atom. The molecule has 2 unspecified atom stereocenters. The molecule has 1 saturated heterocycles. The minimum atomic E-state index is -0.507. The molecule has 2 atom stereocenters. The van der Waals surface area contributed by atoms with Crippen molar-refractivity contribution in [3.63, 3.8) is 0 Å². The molecule has 166 valence electrons. The summed E-state index contributed by atoms with van der Waals surface area (Å²) < 4.78 is 11.2. The number of carbonyl (C=O) groups is 2. The average Bonchev–Trinajstić information content (AvgIpc) is 3.03. The predicted molar refractivity (Wildman–Crippen MR) is 117 cm³/mol. The monoisotopic (exact) mass is 437 g/mol. The summed E-state index contributed by atoms with van der Waals surface area (Å²) in [7, 11) is 1.47. The van der Waals surface area contributed by atoms with Crippen molar-refractivity contribution in [1.29, 1.82) is 0 Å². The molecule has 0 radical (unpaired) electrons. The fourth-order valence-corrected chi connectivity index (χ4v) is 4.22. The van der Waals surface area contributed by atoms with E-state index in [9.17, 15) is 19.7 Å². The van der Waals surface area contributed by atoms with Crippen LogP contribution in [-0.4, -0.2) is 54.0 Å². The lowest BCUT2D eigenvalue weighted by Gasteiger charge is -2.37. The zero-order chi connectivity index (χ0) is 23.0. The molecule has 1 fully saturated rings. The zero-order valence-corrected chi connectivity index (χ0v) is 18.0. The minimum absolute atomic E-state index is 0.0946. The summed E-state index contributed by atoms with van der Waals surface area (Å²) in [4.78, 5) is 40.8. The number of anilines is 1. The molecule has 9 heteroatoms. The lowest BCUT2D eigenvalue weighted by Crippen LogP contribution is -2.47. The second kappa shape index (κ2) is 8.43. The number of para-hydroxylation sites is 2. The summed E-state index contributed by atoms with van der Waals surface area (Å²) in [5.74, 6) is -0.577. The highest BCUT2D eigenvalue weighted by Crippen LogP contribution is 2.39. The Bertz CT molecular complexity index is 1100. The molecule has 0 saturated carbocycles. The number of rotatable bonds is 5. The molecule has 0 bridgehead atoms. The average molecular weight is 437 g/mol. The first-order chi connectivity index (χ1) is 15.3. The molecule has 0 spiro atoms. The number of amides is 2. The Hall–Kier alpha value is -3.72. The molecule has 2 aromatic carbocycles. The third-order valence-corrected chi connectivity index (χ3v) is 5.49. The van der Waals surface area contributed by atoms with Gasteiger partial charge in [0.15, 0.2) is 0 Å². The Labute approximate surface area is 185 Å². The van der Waals surface area contributed by atoms with Gasteiger partial charge in [-0.2, -0.15) is 0 Å². The van der Waals surface area contributed by atoms with Crippen LogP contribution in [0.15, 0.2) is 54.2 Å². The SMILES string of the molecule is COc1ccccc1N1C(=O)C(c2ccc([N+](=O)[O-])cc2)=C(N2CC(C)OC(C)C2)C1=O. The van der Waals surface area contributed by atoms with Gasteiger partial charge < -0.3 is 14.4 Å². The maximum absolute atomic E-state index is 13.7. The standard InChI is InChI=1S/C23H23N3O6/c1-14-12-24(13-15(2)32-14)21-20(16-8-10-17(11-9-16)26(29)30)22(27)25(23(21)28)18-6-4-5-7-19(18)31-3/h4-11,14-15H,12-13H2,1-3H3. The minimum Gasteiger partial charge on any atom is -0.495 e. The number of hydrogen-bond donors (Lipinski definition) is 0. The molecule has 2 aliphatic heterocycles. The number of benzene rings is 2. The van der Waals surface area contributed by atoms with Crippen LogP contribution in [0.1, 0.15) is 19.4 Å². The van der Waals surface area contributed by atoms with Crippen LogP contribution in [0.3, 0.4) is 0 Å². The number of nitro benzene ring substituents is 1. The van der Waals surface area contributed by atoms with Crippen molar-refractivity contribution in [2.75, 3.05) is 25.1 Å². The van der Waals surface area contributed by atoms with Gasteiger partial charge in [-0.1, -0.05) is 12.1 Å². The molecule has 9 nitrogen and oxygen atoms in total. The van der Waals surface area contributed by atoms with E-state index in [0.29, 0.717) is 30.1 Å². The lowest BCUT2D eigenvalue weighted by atomic mass is 10.0. The third kappa shape index (κ3) is 3.71. The number of nitro groups is 1. The summed E-state index contributed by atoms with van der Waals surface area (Å²) in [6.07, 6.45) is -0.264. The molecular formula is C23H23N3O6. The highest BCUT2D eigenvalue weighted by Gasteiger charge is 2.44. The fourth-order valence-electron chi connectivity index (χ4n) is 4.22. The van der Waals surface area contributed by atoms with E-state index in [-0.39, 0.29) is 29.2 Å². The topological polar surface area (TPSA) is 102 Å². The quantitative estimate of drug-likeness (QED) is 0.402. The maximum atomic E-state index is 13.7. The second-order valence-electron chi connectivity index (χ2n) is 7.81. The van der Waals surface area contributed by atoms with Gasteiger partial charge in [0.25, 0.3) is 17.5 Å². The summed E-state index contributed by atoms with van der Waals surface area (Å²) in [6.45, 7) is 4.70. The van der Waals surface area contributed by atoms with Gasteiger partial charge in [-0.3, -0.25) is 19.7 Å². The highest BCUT2D eigenvalue weighted by molar-refractivity contribution is 6.45. The van der Waals surface area contributed by atoms with Gasteiger partial charge in [0.1, 0.15) is 11.4 Å². The first kappa shape index (κ1) is 21.5. The Morgan fingerprint density at radius 3 is 2.22 bits per heavy atom. The van der Waals surface area contributed by atoms with Crippen LogP contribution in [0.4, 0.5) is 11.4 Å². The largest absolute Gasteiger partial charge is 0.495 e. The van der Waals surface area contributed by atoms with Crippen molar-refractivity contribution < 1.29 is 24.0 Å². The van der Waals surface area contributed by atoms with Gasteiger partial charge in [0.05, 0.1) is 35.5 Å². The molecule has 32 heavy (non-hydrogen) atoms. The van der Waals surface area contributed by atoms with Gasteiger partial charge in [-0.25, -0.2) is 4.90 Å². The second-order valence-corrected chi connectivity index (χ2v) is 7.81. The van der Waals surface area contributed by atoms with E-state index in [1.807, 2.05) is 18.7 Å². The zero-order valence-electron chi connectivity index (χ0n) is 18.0. The first-order valence-electron chi connectivity index (χ1n) is 10.2. The van der Waals surface area contributed by atoms with Crippen LogP contribution in [0, 0.1) is 10.1 Å². The third-order valence-electron chi connectivity index (χ3n) is 5.49. The van der Waals surface area contributed by atoms with E-state index in [2.05, 4.69) is 0 Å². The Balaban J connectivity index is 1.85. The molecule has 2 amide bonds. The molecule has 2 aliphatic rings. The van der Waals surface area contributed by atoms with Crippen LogP contribution in [-0.2, 0) is 14.3 Å². The summed E-state index contributed by atoms with van der Waals surface area (Å²) in [6, 6.07) is 12.5. The summed E-state index contributed by atoms with van der Waals surface area (Å²) >= 11 is 0. The molecule has 0 aliphatic carbocycles. The van der Waals surface area contributed by atoms with Crippen LogP contribution < -0.4 is 9.64 Å². The van der Waals surface area contributed by atoms with Crippen molar-refractivity contribution in [2.24, 2.45) is 0 Å². The van der Waals surface area contributed by atoms with Gasteiger partial charge in [0.2, 0.25) is 0 Å². The first-order valence-corrected chi connectivity index (χ1v) is 10.2.